The van der Waals surface area contributed by atoms with E-state index in [2.05, 4.69) is 4.99 Å². The SMILES string of the molecule is O=S(=O)(c1ccc(C2CCCCC2)cc1)N1CCN=C1c1ccccc1. The Morgan fingerprint density at radius 2 is 1.58 bits per heavy atom. The number of hydrogen-bond donors (Lipinski definition) is 0. The molecule has 0 amide bonds. The minimum absolute atomic E-state index is 0.350. The summed E-state index contributed by atoms with van der Waals surface area (Å²) in [4.78, 5) is 4.78. The zero-order valence-corrected chi connectivity index (χ0v) is 15.7. The summed E-state index contributed by atoms with van der Waals surface area (Å²) in [6.45, 7) is 0.903. The monoisotopic (exact) mass is 368 g/mol. The Hall–Kier alpha value is -2.14. The van der Waals surface area contributed by atoms with E-state index >= 15 is 0 Å². The molecular weight excluding hydrogens is 344 g/mol. The van der Waals surface area contributed by atoms with Crippen molar-refractivity contribution >= 4 is 15.9 Å². The molecule has 0 radical (unpaired) electrons. The molecule has 2 aromatic rings. The lowest BCUT2D eigenvalue weighted by Gasteiger charge is -2.23. The molecule has 2 aromatic carbocycles. The molecule has 4 rings (SSSR count). The van der Waals surface area contributed by atoms with Crippen molar-refractivity contribution in [2.24, 2.45) is 4.99 Å². The summed E-state index contributed by atoms with van der Waals surface area (Å²) in [5.74, 6) is 1.12. The van der Waals surface area contributed by atoms with Crippen molar-refractivity contribution in [3.8, 4) is 0 Å². The van der Waals surface area contributed by atoms with Crippen LogP contribution < -0.4 is 0 Å². The minimum Gasteiger partial charge on any atom is -0.265 e. The fourth-order valence-electron chi connectivity index (χ4n) is 3.96. The van der Waals surface area contributed by atoms with Crippen molar-refractivity contribution in [2.75, 3.05) is 13.1 Å². The molecule has 1 aliphatic heterocycles. The third kappa shape index (κ3) is 3.28. The molecule has 0 aromatic heterocycles. The quantitative estimate of drug-likeness (QED) is 0.813. The number of nitrogens with zero attached hydrogens (tertiary/aromatic N) is 2. The van der Waals surface area contributed by atoms with E-state index in [-0.39, 0.29) is 0 Å². The summed E-state index contributed by atoms with van der Waals surface area (Å²) in [7, 11) is -3.58. The van der Waals surface area contributed by atoms with Crippen LogP contribution >= 0.6 is 0 Å². The molecule has 0 atom stereocenters. The topological polar surface area (TPSA) is 49.7 Å². The highest BCUT2D eigenvalue weighted by Crippen LogP contribution is 2.33. The van der Waals surface area contributed by atoms with Crippen LogP contribution in [0.2, 0.25) is 0 Å². The molecule has 0 N–H and O–H groups in total. The summed E-state index contributed by atoms with van der Waals surface area (Å²) < 4.78 is 27.7. The van der Waals surface area contributed by atoms with E-state index in [1.807, 2.05) is 42.5 Å². The number of benzene rings is 2. The largest absolute Gasteiger partial charge is 0.265 e. The normalized spacial score (nSPS) is 18.8. The molecule has 1 aliphatic carbocycles. The minimum atomic E-state index is -3.58. The highest BCUT2D eigenvalue weighted by molar-refractivity contribution is 7.89. The van der Waals surface area contributed by atoms with Crippen LogP contribution in [0, 0.1) is 0 Å². The second-order valence-electron chi connectivity index (χ2n) is 7.05. The van der Waals surface area contributed by atoms with Gasteiger partial charge in [0.05, 0.1) is 18.0 Å². The molecular formula is C21H24N2O2S. The van der Waals surface area contributed by atoms with Gasteiger partial charge in [-0.3, -0.25) is 4.99 Å². The third-order valence-electron chi connectivity index (χ3n) is 5.38. The van der Waals surface area contributed by atoms with Crippen LogP contribution in [0.3, 0.4) is 0 Å². The number of hydrogen-bond acceptors (Lipinski definition) is 3. The molecule has 0 unspecified atom stereocenters. The fraction of sp³-hybridized carbons (Fsp3) is 0.381. The first kappa shape index (κ1) is 17.3. The highest BCUT2D eigenvalue weighted by atomic mass is 32.2. The lowest BCUT2D eigenvalue weighted by atomic mass is 9.84. The summed E-state index contributed by atoms with van der Waals surface area (Å²) >= 11 is 0. The number of rotatable bonds is 4. The van der Waals surface area contributed by atoms with E-state index in [0.29, 0.717) is 29.7 Å². The second kappa shape index (κ2) is 7.23. The number of aliphatic imine (C=N–C) groups is 1. The zero-order valence-electron chi connectivity index (χ0n) is 14.8. The van der Waals surface area contributed by atoms with Crippen molar-refractivity contribution in [1.29, 1.82) is 0 Å². The van der Waals surface area contributed by atoms with Gasteiger partial charge in [-0.2, -0.15) is 0 Å². The molecule has 5 heteroatoms. The Morgan fingerprint density at radius 3 is 2.27 bits per heavy atom. The average Bonchev–Trinajstić information content (AvgIpc) is 3.20. The maximum Gasteiger partial charge on any atom is 0.265 e. The van der Waals surface area contributed by atoms with Gasteiger partial charge in [0.15, 0.2) is 0 Å². The maximum atomic E-state index is 13.2. The van der Waals surface area contributed by atoms with E-state index in [9.17, 15) is 8.42 Å². The van der Waals surface area contributed by atoms with Gasteiger partial charge in [-0.05, 0) is 36.5 Å². The average molecular weight is 369 g/mol. The van der Waals surface area contributed by atoms with E-state index in [0.717, 1.165) is 5.56 Å². The lowest BCUT2D eigenvalue weighted by molar-refractivity contribution is 0.443. The molecule has 0 bridgehead atoms. The molecule has 2 aliphatic rings. The van der Waals surface area contributed by atoms with Crippen molar-refractivity contribution in [2.45, 2.75) is 42.9 Å². The smallest absolute Gasteiger partial charge is 0.265 e. The Labute approximate surface area is 155 Å². The van der Waals surface area contributed by atoms with Gasteiger partial charge in [0.25, 0.3) is 10.0 Å². The van der Waals surface area contributed by atoms with Crippen LogP contribution in [-0.4, -0.2) is 31.6 Å². The summed E-state index contributed by atoms with van der Waals surface area (Å²) in [5, 5.41) is 0. The Morgan fingerprint density at radius 1 is 0.885 bits per heavy atom. The maximum absolute atomic E-state index is 13.2. The highest BCUT2D eigenvalue weighted by Gasteiger charge is 2.31. The molecule has 1 fully saturated rings. The van der Waals surface area contributed by atoms with E-state index < -0.39 is 10.0 Å². The number of sulfonamides is 1. The molecule has 0 spiro atoms. The van der Waals surface area contributed by atoms with Crippen LogP contribution in [-0.2, 0) is 10.0 Å². The zero-order chi connectivity index (χ0) is 18.0. The van der Waals surface area contributed by atoms with Gasteiger partial charge in [0.1, 0.15) is 5.84 Å². The first-order valence-electron chi connectivity index (χ1n) is 9.39. The standard InChI is InChI=1S/C21H24N2O2S/c24-26(25,23-16-15-22-21(23)19-9-5-2-6-10-19)20-13-11-18(12-14-20)17-7-3-1-4-8-17/h2,5-6,9-14,17H,1,3-4,7-8,15-16H2. The van der Waals surface area contributed by atoms with Crippen LogP contribution in [0.4, 0.5) is 0 Å². The Bertz CT molecular complexity index is 883. The van der Waals surface area contributed by atoms with Gasteiger partial charge in [-0.15, -0.1) is 0 Å². The number of amidine groups is 1. The van der Waals surface area contributed by atoms with Crippen molar-refractivity contribution in [1.82, 2.24) is 4.31 Å². The predicted molar refractivity (Wildman–Crippen MR) is 104 cm³/mol. The van der Waals surface area contributed by atoms with Crippen LogP contribution in [0.15, 0.2) is 64.5 Å². The lowest BCUT2D eigenvalue weighted by Crippen LogP contribution is -2.34. The molecule has 4 nitrogen and oxygen atoms in total. The molecule has 26 heavy (non-hydrogen) atoms. The van der Waals surface area contributed by atoms with Crippen molar-refractivity contribution in [3.63, 3.8) is 0 Å². The van der Waals surface area contributed by atoms with E-state index in [4.69, 9.17) is 0 Å². The van der Waals surface area contributed by atoms with Crippen molar-refractivity contribution < 1.29 is 8.42 Å². The van der Waals surface area contributed by atoms with Gasteiger partial charge < -0.3 is 0 Å². The molecule has 1 saturated carbocycles. The second-order valence-corrected chi connectivity index (χ2v) is 8.91. The molecule has 136 valence electrons. The third-order valence-corrected chi connectivity index (χ3v) is 7.18. The van der Waals surface area contributed by atoms with Crippen LogP contribution in [0.25, 0.3) is 0 Å². The van der Waals surface area contributed by atoms with Gasteiger partial charge in [0, 0.05) is 5.56 Å². The van der Waals surface area contributed by atoms with Gasteiger partial charge in [-0.25, -0.2) is 12.7 Å². The Balaban J connectivity index is 1.59. The van der Waals surface area contributed by atoms with E-state index in [1.165, 1.54) is 42.0 Å². The van der Waals surface area contributed by atoms with Crippen molar-refractivity contribution in [3.05, 3.63) is 65.7 Å². The first-order chi connectivity index (χ1) is 12.7. The van der Waals surface area contributed by atoms with Crippen LogP contribution in [0.1, 0.15) is 49.1 Å². The fourth-order valence-corrected chi connectivity index (χ4v) is 5.41. The summed E-state index contributed by atoms with van der Waals surface area (Å²) in [6.07, 6.45) is 6.29. The van der Waals surface area contributed by atoms with Gasteiger partial charge in [0.2, 0.25) is 0 Å². The summed E-state index contributed by atoms with van der Waals surface area (Å²) in [5.41, 5.74) is 2.11. The van der Waals surface area contributed by atoms with Gasteiger partial charge >= 0.3 is 0 Å². The predicted octanol–water partition coefficient (Wildman–Crippen LogP) is 4.19. The van der Waals surface area contributed by atoms with Gasteiger partial charge in [-0.1, -0.05) is 61.7 Å². The summed E-state index contributed by atoms with van der Waals surface area (Å²) in [6, 6.07) is 17.1. The molecule has 1 heterocycles. The first-order valence-corrected chi connectivity index (χ1v) is 10.8. The molecule has 0 saturated heterocycles. The van der Waals surface area contributed by atoms with Crippen LogP contribution in [0.5, 0.6) is 0 Å². The van der Waals surface area contributed by atoms with E-state index in [1.54, 1.807) is 12.1 Å². The Kier molecular flexibility index (Phi) is 4.81.